The van der Waals surface area contributed by atoms with Crippen LogP contribution >= 0.6 is 0 Å². The first-order valence-electron chi connectivity index (χ1n) is 9.80. The van der Waals surface area contributed by atoms with E-state index in [0.29, 0.717) is 22.3 Å². The van der Waals surface area contributed by atoms with Gasteiger partial charge in [-0.2, -0.15) is 18.3 Å². The summed E-state index contributed by atoms with van der Waals surface area (Å²) < 4.78 is 56.1. The second kappa shape index (κ2) is 9.25. The highest BCUT2D eigenvalue weighted by atomic mass is 19.4. The van der Waals surface area contributed by atoms with Gasteiger partial charge in [0.15, 0.2) is 6.61 Å². The molecule has 0 aliphatic heterocycles. The maximum absolute atomic E-state index is 13.1. The standard InChI is InChI=1S/C22H17F3N4O5/c1-32-15-3-4-16-13(9-33-19(16)8-15)6-21(31)34-10-20(30)28-17-7-14(22(23,24)25)2-5-18(17)29-12-26-11-27-29/h2-5,7-9,11-12H,6,10H2,1H3,(H,28,30). The van der Waals surface area contributed by atoms with Gasteiger partial charge >= 0.3 is 12.1 Å². The van der Waals surface area contributed by atoms with Crippen molar-refractivity contribution in [2.45, 2.75) is 12.6 Å². The lowest BCUT2D eigenvalue weighted by atomic mass is 10.1. The third kappa shape index (κ3) is 5.00. The summed E-state index contributed by atoms with van der Waals surface area (Å²) in [6.45, 7) is -0.699. The first kappa shape index (κ1) is 22.8. The van der Waals surface area contributed by atoms with Gasteiger partial charge in [0.1, 0.15) is 24.0 Å². The van der Waals surface area contributed by atoms with Gasteiger partial charge in [-0.05, 0) is 30.3 Å². The number of rotatable bonds is 7. The number of nitrogens with zero attached hydrogens (tertiary/aromatic N) is 3. The summed E-state index contributed by atoms with van der Waals surface area (Å²) >= 11 is 0. The van der Waals surface area contributed by atoms with Crippen LogP contribution in [-0.4, -0.2) is 40.4 Å². The van der Waals surface area contributed by atoms with E-state index < -0.39 is 30.2 Å². The van der Waals surface area contributed by atoms with Gasteiger partial charge in [0.25, 0.3) is 5.91 Å². The molecule has 4 rings (SSSR count). The van der Waals surface area contributed by atoms with Gasteiger partial charge in [-0.1, -0.05) is 0 Å². The third-order valence-electron chi connectivity index (χ3n) is 4.83. The number of furan rings is 1. The van der Waals surface area contributed by atoms with Crippen molar-refractivity contribution in [2.24, 2.45) is 0 Å². The number of halogens is 3. The van der Waals surface area contributed by atoms with E-state index in [0.717, 1.165) is 18.2 Å². The number of fused-ring (bicyclic) bond motifs is 1. The average molecular weight is 474 g/mol. The number of esters is 1. The van der Waals surface area contributed by atoms with E-state index in [9.17, 15) is 22.8 Å². The van der Waals surface area contributed by atoms with Gasteiger partial charge in [-0.25, -0.2) is 9.67 Å². The highest BCUT2D eigenvalue weighted by Crippen LogP contribution is 2.33. The fourth-order valence-electron chi connectivity index (χ4n) is 3.21. The molecule has 0 saturated carbocycles. The highest BCUT2D eigenvalue weighted by Gasteiger charge is 2.31. The van der Waals surface area contributed by atoms with Crippen molar-refractivity contribution in [1.29, 1.82) is 0 Å². The van der Waals surface area contributed by atoms with Gasteiger partial charge in [0, 0.05) is 17.0 Å². The summed E-state index contributed by atoms with van der Waals surface area (Å²) in [6, 6.07) is 7.88. The number of ether oxygens (including phenoxy) is 2. The molecule has 34 heavy (non-hydrogen) atoms. The lowest BCUT2D eigenvalue weighted by molar-refractivity contribution is -0.146. The summed E-state index contributed by atoms with van der Waals surface area (Å²) in [4.78, 5) is 28.3. The SMILES string of the molecule is COc1ccc2c(CC(=O)OCC(=O)Nc3cc(C(F)(F)F)ccc3-n3cncn3)coc2c1. The fourth-order valence-corrected chi connectivity index (χ4v) is 3.21. The van der Waals surface area contributed by atoms with Crippen LogP contribution < -0.4 is 10.1 Å². The normalized spacial score (nSPS) is 11.4. The zero-order valence-corrected chi connectivity index (χ0v) is 17.6. The minimum atomic E-state index is -4.62. The summed E-state index contributed by atoms with van der Waals surface area (Å²) in [5.41, 5.74) is 0.0910. The molecule has 0 spiro atoms. The quantitative estimate of drug-likeness (QED) is 0.406. The number of benzene rings is 2. The predicted octanol–water partition coefficient (Wildman–Crippen LogP) is 3.77. The van der Waals surface area contributed by atoms with E-state index in [2.05, 4.69) is 15.4 Å². The molecule has 0 aliphatic carbocycles. The van der Waals surface area contributed by atoms with Gasteiger partial charge in [-0.15, -0.1) is 0 Å². The Morgan fingerprint density at radius 3 is 2.71 bits per heavy atom. The van der Waals surface area contributed by atoms with E-state index in [1.807, 2.05) is 0 Å². The van der Waals surface area contributed by atoms with Crippen LogP contribution in [0.4, 0.5) is 18.9 Å². The Kier molecular flexibility index (Phi) is 6.21. The Morgan fingerprint density at radius 1 is 1.18 bits per heavy atom. The number of aromatic nitrogens is 3. The van der Waals surface area contributed by atoms with Crippen LogP contribution in [0.3, 0.4) is 0 Å². The smallest absolute Gasteiger partial charge is 0.416 e. The van der Waals surface area contributed by atoms with E-state index >= 15 is 0 Å². The Balaban J connectivity index is 1.42. The molecule has 9 nitrogen and oxygen atoms in total. The molecule has 0 aliphatic rings. The summed E-state index contributed by atoms with van der Waals surface area (Å²) in [7, 11) is 1.52. The molecule has 0 atom stereocenters. The first-order valence-corrected chi connectivity index (χ1v) is 9.80. The van der Waals surface area contributed by atoms with Crippen molar-refractivity contribution in [1.82, 2.24) is 14.8 Å². The Labute approximate surface area is 190 Å². The van der Waals surface area contributed by atoms with Gasteiger partial charge in [0.05, 0.1) is 36.7 Å². The van der Waals surface area contributed by atoms with E-state index in [1.165, 1.54) is 30.7 Å². The van der Waals surface area contributed by atoms with Crippen LogP contribution in [0.15, 0.2) is 59.7 Å². The van der Waals surface area contributed by atoms with Crippen LogP contribution in [-0.2, 0) is 26.9 Å². The minimum Gasteiger partial charge on any atom is -0.497 e. The summed E-state index contributed by atoms with van der Waals surface area (Å²) in [6.07, 6.45) is -0.924. The van der Waals surface area contributed by atoms with Crippen molar-refractivity contribution in [2.75, 3.05) is 19.0 Å². The molecule has 12 heteroatoms. The van der Waals surface area contributed by atoms with Crippen LogP contribution in [0.2, 0.25) is 0 Å². The van der Waals surface area contributed by atoms with Crippen molar-refractivity contribution >= 4 is 28.5 Å². The lowest BCUT2D eigenvalue weighted by Gasteiger charge is -2.14. The zero-order valence-electron chi connectivity index (χ0n) is 17.6. The van der Waals surface area contributed by atoms with Gasteiger partial charge in [0.2, 0.25) is 0 Å². The summed E-state index contributed by atoms with van der Waals surface area (Å²) in [5.74, 6) is -0.947. The molecular weight excluding hydrogens is 457 g/mol. The molecule has 0 radical (unpaired) electrons. The third-order valence-corrected chi connectivity index (χ3v) is 4.83. The van der Waals surface area contributed by atoms with Gasteiger partial charge < -0.3 is 19.2 Å². The molecular formula is C22H17F3N4O5. The number of hydrogen-bond acceptors (Lipinski definition) is 7. The largest absolute Gasteiger partial charge is 0.497 e. The predicted molar refractivity (Wildman–Crippen MR) is 112 cm³/mol. The topological polar surface area (TPSA) is 108 Å². The number of methoxy groups -OCH3 is 1. The number of alkyl halides is 3. The van der Waals surface area contributed by atoms with Crippen molar-refractivity contribution in [3.8, 4) is 11.4 Å². The molecule has 2 aromatic heterocycles. The molecule has 0 fully saturated rings. The maximum Gasteiger partial charge on any atom is 0.416 e. The van der Waals surface area contributed by atoms with Crippen molar-refractivity contribution in [3.63, 3.8) is 0 Å². The van der Waals surface area contributed by atoms with E-state index in [-0.39, 0.29) is 17.8 Å². The number of carbonyl (C=O) groups excluding carboxylic acids is 2. The molecule has 1 amide bonds. The number of nitrogens with one attached hydrogen (secondary N) is 1. The number of hydrogen-bond donors (Lipinski definition) is 1. The fraction of sp³-hybridized carbons (Fsp3) is 0.182. The summed E-state index contributed by atoms with van der Waals surface area (Å²) in [5, 5.41) is 6.88. The number of carbonyl (C=O) groups is 2. The second-order valence-corrected chi connectivity index (χ2v) is 7.08. The van der Waals surface area contributed by atoms with Crippen LogP contribution in [0.25, 0.3) is 16.7 Å². The Bertz CT molecular complexity index is 1330. The molecule has 176 valence electrons. The molecule has 0 bridgehead atoms. The van der Waals surface area contributed by atoms with Crippen LogP contribution in [0.5, 0.6) is 5.75 Å². The minimum absolute atomic E-state index is 0.158. The van der Waals surface area contributed by atoms with Crippen LogP contribution in [0.1, 0.15) is 11.1 Å². The molecule has 2 aromatic carbocycles. The van der Waals surface area contributed by atoms with Crippen molar-refractivity contribution in [3.05, 3.63) is 66.4 Å². The maximum atomic E-state index is 13.1. The molecule has 2 heterocycles. The van der Waals surface area contributed by atoms with E-state index in [1.54, 1.807) is 18.2 Å². The monoisotopic (exact) mass is 474 g/mol. The van der Waals surface area contributed by atoms with Crippen LogP contribution in [0, 0.1) is 0 Å². The Hall–Kier alpha value is -4.35. The van der Waals surface area contributed by atoms with Gasteiger partial charge in [-0.3, -0.25) is 9.59 Å². The molecule has 1 N–H and O–H groups in total. The van der Waals surface area contributed by atoms with Crippen molar-refractivity contribution < 1.29 is 36.7 Å². The molecule has 4 aromatic rings. The lowest BCUT2D eigenvalue weighted by Crippen LogP contribution is -2.22. The Morgan fingerprint density at radius 2 is 2.00 bits per heavy atom. The molecule has 0 saturated heterocycles. The number of amides is 1. The zero-order chi connectivity index (χ0) is 24.3. The average Bonchev–Trinajstić information content (AvgIpc) is 3.47. The second-order valence-electron chi connectivity index (χ2n) is 7.08. The van der Waals surface area contributed by atoms with E-state index in [4.69, 9.17) is 13.9 Å². The number of anilines is 1. The highest BCUT2D eigenvalue weighted by molar-refractivity contribution is 5.95. The molecule has 0 unspecified atom stereocenters. The first-order chi connectivity index (χ1) is 16.2.